The number of hydrogen-bond donors (Lipinski definition) is 1. The summed E-state index contributed by atoms with van der Waals surface area (Å²) in [4.78, 5) is 0. The molecule has 0 spiro atoms. The van der Waals surface area contributed by atoms with E-state index >= 15 is 0 Å². The van der Waals surface area contributed by atoms with E-state index < -0.39 is 26.3 Å². The minimum atomic E-state index is -5.61. The van der Waals surface area contributed by atoms with Crippen LogP contribution in [0, 0.1) is 6.07 Å². The lowest BCUT2D eigenvalue weighted by Crippen LogP contribution is -2.29. The quantitative estimate of drug-likeness (QED) is 0.849. The topological polar surface area (TPSA) is 54.4 Å². The third-order valence-corrected chi connectivity index (χ3v) is 3.10. The van der Waals surface area contributed by atoms with Crippen LogP contribution >= 0.6 is 0 Å². The van der Waals surface area contributed by atoms with Crippen molar-refractivity contribution in [2.75, 3.05) is 0 Å². The lowest BCUT2D eigenvalue weighted by Gasteiger charge is -2.13. The Bertz CT molecular complexity index is 424. The Morgan fingerprint density at radius 3 is 2.33 bits per heavy atom. The molecule has 1 aromatic carbocycles. The van der Waals surface area contributed by atoms with Crippen LogP contribution < -0.4 is 0 Å². The molecule has 0 aliphatic carbocycles. The van der Waals surface area contributed by atoms with Crippen molar-refractivity contribution >= 4 is 9.84 Å². The van der Waals surface area contributed by atoms with Crippen molar-refractivity contribution in [1.82, 2.24) is 0 Å². The standard InChI is InChI=1S/C8H6F3O3S/c9-8(10,11)15(13,14)7(12)6-4-2-1-3-5-6/h1-4,7,12H. The molecule has 1 radical (unpaired) electrons. The third kappa shape index (κ3) is 2.29. The first-order valence-corrected chi connectivity index (χ1v) is 5.26. The first kappa shape index (κ1) is 12.0. The van der Waals surface area contributed by atoms with Crippen molar-refractivity contribution in [3.8, 4) is 0 Å². The summed E-state index contributed by atoms with van der Waals surface area (Å²) in [6, 6.07) is 7.23. The predicted octanol–water partition coefficient (Wildman–Crippen LogP) is 1.41. The lowest BCUT2D eigenvalue weighted by molar-refractivity contribution is -0.0476. The molecular formula is C8H6F3O3S. The summed E-state index contributed by atoms with van der Waals surface area (Å²) in [7, 11) is -5.61. The molecule has 0 saturated heterocycles. The third-order valence-electron chi connectivity index (χ3n) is 1.62. The van der Waals surface area contributed by atoms with Crippen LogP contribution in [0.15, 0.2) is 24.3 Å². The van der Waals surface area contributed by atoms with Gasteiger partial charge in [-0.05, 0) is 6.07 Å². The smallest absolute Gasteiger partial charge is 0.373 e. The molecule has 1 unspecified atom stereocenters. The number of rotatable bonds is 2. The van der Waals surface area contributed by atoms with Crippen LogP contribution in [-0.4, -0.2) is 19.0 Å². The molecule has 0 aromatic heterocycles. The number of benzene rings is 1. The van der Waals surface area contributed by atoms with Gasteiger partial charge < -0.3 is 5.11 Å². The molecule has 0 aliphatic heterocycles. The van der Waals surface area contributed by atoms with E-state index in [2.05, 4.69) is 6.07 Å². The van der Waals surface area contributed by atoms with Gasteiger partial charge in [-0.2, -0.15) is 13.2 Å². The molecule has 0 aliphatic rings. The van der Waals surface area contributed by atoms with Gasteiger partial charge in [-0.3, -0.25) is 0 Å². The van der Waals surface area contributed by atoms with E-state index in [0.717, 1.165) is 6.07 Å². The Kier molecular flexibility index (Phi) is 3.05. The Hall–Kier alpha value is -1.08. The molecule has 0 heterocycles. The van der Waals surface area contributed by atoms with E-state index in [1.54, 1.807) is 0 Å². The maximum absolute atomic E-state index is 12.0. The van der Waals surface area contributed by atoms with Gasteiger partial charge in [0.2, 0.25) is 0 Å². The first-order chi connectivity index (χ1) is 6.77. The molecule has 0 amide bonds. The Morgan fingerprint density at radius 1 is 1.33 bits per heavy atom. The number of aliphatic hydroxyl groups is 1. The molecule has 0 saturated carbocycles. The fourth-order valence-electron chi connectivity index (χ4n) is 0.855. The van der Waals surface area contributed by atoms with Crippen molar-refractivity contribution in [1.29, 1.82) is 0 Å². The zero-order chi connectivity index (χ0) is 11.7. The fraction of sp³-hybridized carbons (Fsp3) is 0.250. The van der Waals surface area contributed by atoms with E-state index in [1.165, 1.54) is 18.2 Å². The number of alkyl halides is 3. The molecule has 1 N–H and O–H groups in total. The summed E-state index contributed by atoms with van der Waals surface area (Å²) in [6.45, 7) is 0. The van der Waals surface area contributed by atoms with Crippen LogP contribution in [0.25, 0.3) is 0 Å². The molecule has 7 heteroatoms. The Balaban J connectivity index is 3.12. The van der Waals surface area contributed by atoms with E-state index in [0.29, 0.717) is 0 Å². The predicted molar refractivity (Wildman–Crippen MR) is 45.2 cm³/mol. The summed E-state index contributed by atoms with van der Waals surface area (Å²) < 4.78 is 57.5. The van der Waals surface area contributed by atoms with Crippen LogP contribution in [0.3, 0.4) is 0 Å². The average molecular weight is 239 g/mol. The highest BCUT2D eigenvalue weighted by Crippen LogP contribution is 2.33. The monoisotopic (exact) mass is 239 g/mol. The van der Waals surface area contributed by atoms with Crippen molar-refractivity contribution in [3.63, 3.8) is 0 Å². The van der Waals surface area contributed by atoms with Gasteiger partial charge in [-0.15, -0.1) is 0 Å². The summed E-state index contributed by atoms with van der Waals surface area (Å²) in [5.74, 6) is 0. The summed E-state index contributed by atoms with van der Waals surface area (Å²) in [5.41, 5.74) is -8.54. The van der Waals surface area contributed by atoms with Crippen molar-refractivity contribution in [2.24, 2.45) is 0 Å². The lowest BCUT2D eigenvalue weighted by atomic mass is 10.2. The van der Waals surface area contributed by atoms with Gasteiger partial charge in [-0.1, -0.05) is 24.3 Å². The van der Waals surface area contributed by atoms with Gasteiger partial charge in [0.25, 0.3) is 9.84 Å². The van der Waals surface area contributed by atoms with E-state index in [1.807, 2.05) is 0 Å². The van der Waals surface area contributed by atoms with Crippen LogP contribution in [-0.2, 0) is 9.84 Å². The van der Waals surface area contributed by atoms with Crippen LogP contribution in [0.1, 0.15) is 11.0 Å². The van der Waals surface area contributed by atoms with Crippen LogP contribution in [0.4, 0.5) is 13.2 Å². The number of halogens is 3. The SMILES string of the molecule is O=S(=O)(C(O)c1[c]cccc1)C(F)(F)F. The second kappa shape index (κ2) is 3.82. The molecule has 1 rings (SSSR count). The highest BCUT2D eigenvalue weighted by atomic mass is 32.2. The summed E-state index contributed by atoms with van der Waals surface area (Å²) in [6.07, 6.45) is 0. The average Bonchev–Trinajstić information content (AvgIpc) is 2.16. The number of hydrogen-bond acceptors (Lipinski definition) is 3. The zero-order valence-electron chi connectivity index (χ0n) is 7.19. The van der Waals surface area contributed by atoms with Gasteiger partial charge in [0.05, 0.1) is 0 Å². The van der Waals surface area contributed by atoms with Crippen LogP contribution in [0.2, 0.25) is 0 Å². The largest absolute Gasteiger partial charge is 0.500 e. The molecule has 1 atom stereocenters. The molecule has 0 fully saturated rings. The number of sulfone groups is 1. The second-order valence-electron chi connectivity index (χ2n) is 2.66. The summed E-state index contributed by atoms with van der Waals surface area (Å²) >= 11 is 0. The Labute approximate surface area is 84.1 Å². The van der Waals surface area contributed by atoms with Crippen molar-refractivity contribution < 1.29 is 26.7 Å². The van der Waals surface area contributed by atoms with Crippen molar-refractivity contribution in [3.05, 3.63) is 35.9 Å². The minimum Gasteiger partial charge on any atom is -0.373 e. The normalized spacial score (nSPS) is 14.9. The highest BCUT2D eigenvalue weighted by Gasteiger charge is 2.50. The zero-order valence-corrected chi connectivity index (χ0v) is 8.01. The molecular weight excluding hydrogens is 233 g/mol. The van der Waals surface area contributed by atoms with Gasteiger partial charge >= 0.3 is 5.51 Å². The summed E-state index contributed by atoms with van der Waals surface area (Å²) in [5, 5.41) is 9.04. The molecule has 1 aromatic rings. The molecule has 15 heavy (non-hydrogen) atoms. The number of aliphatic hydroxyl groups excluding tert-OH is 1. The molecule has 83 valence electrons. The van der Waals surface area contributed by atoms with Gasteiger partial charge in [0, 0.05) is 5.56 Å². The van der Waals surface area contributed by atoms with Gasteiger partial charge in [-0.25, -0.2) is 8.42 Å². The van der Waals surface area contributed by atoms with E-state index in [-0.39, 0.29) is 0 Å². The Morgan fingerprint density at radius 2 is 1.93 bits per heavy atom. The highest BCUT2D eigenvalue weighted by molar-refractivity contribution is 7.92. The first-order valence-electron chi connectivity index (χ1n) is 3.71. The molecule has 3 nitrogen and oxygen atoms in total. The fourth-order valence-corrected chi connectivity index (χ4v) is 1.59. The van der Waals surface area contributed by atoms with E-state index in [9.17, 15) is 21.6 Å². The molecule has 0 bridgehead atoms. The second-order valence-corrected chi connectivity index (χ2v) is 4.66. The minimum absolute atomic E-state index is 0.435. The van der Waals surface area contributed by atoms with Crippen LogP contribution in [0.5, 0.6) is 0 Å². The maximum Gasteiger partial charge on any atom is 0.500 e. The van der Waals surface area contributed by atoms with Gasteiger partial charge in [0.1, 0.15) is 0 Å². The maximum atomic E-state index is 12.0. The van der Waals surface area contributed by atoms with Gasteiger partial charge in [0.15, 0.2) is 5.44 Å². The van der Waals surface area contributed by atoms with E-state index in [4.69, 9.17) is 5.11 Å². The van der Waals surface area contributed by atoms with Crippen molar-refractivity contribution in [2.45, 2.75) is 10.9 Å².